The number of ether oxygens (including phenoxy) is 1. The molecular formula is C25H23N5O. The molecule has 0 bridgehead atoms. The van der Waals surface area contributed by atoms with Crippen LogP contribution >= 0.6 is 0 Å². The molecule has 2 N–H and O–H groups in total. The fourth-order valence-corrected chi connectivity index (χ4v) is 3.78. The molecule has 154 valence electrons. The summed E-state index contributed by atoms with van der Waals surface area (Å²) in [4.78, 5) is 12.6. The number of rotatable bonds is 5. The van der Waals surface area contributed by atoms with Crippen LogP contribution in [0.15, 0.2) is 73.2 Å². The SMILES string of the molecule is COc1cc(Nc2cccc3[nH]c(-c4ccccc4C)nc23)ccc1-n1cnc(C)c1. The number of nitrogens with one attached hydrogen (secondary N) is 2. The predicted octanol–water partition coefficient (Wildman–Crippen LogP) is 5.78. The molecule has 0 unspecified atom stereocenters. The molecule has 0 saturated carbocycles. The Labute approximate surface area is 180 Å². The van der Waals surface area contributed by atoms with E-state index < -0.39 is 0 Å². The largest absolute Gasteiger partial charge is 0.494 e. The van der Waals surface area contributed by atoms with Crippen LogP contribution in [0.3, 0.4) is 0 Å². The van der Waals surface area contributed by atoms with Gasteiger partial charge in [0.1, 0.15) is 17.1 Å². The van der Waals surface area contributed by atoms with Crippen LogP contribution in [-0.4, -0.2) is 26.6 Å². The number of hydrogen-bond acceptors (Lipinski definition) is 4. The Morgan fingerprint density at radius 1 is 1.00 bits per heavy atom. The van der Waals surface area contributed by atoms with Gasteiger partial charge in [-0.25, -0.2) is 9.97 Å². The van der Waals surface area contributed by atoms with Gasteiger partial charge in [-0.15, -0.1) is 0 Å². The summed E-state index contributed by atoms with van der Waals surface area (Å²) < 4.78 is 7.60. The fourth-order valence-electron chi connectivity index (χ4n) is 3.78. The lowest BCUT2D eigenvalue weighted by Gasteiger charge is -2.13. The molecule has 0 aliphatic heterocycles. The summed E-state index contributed by atoms with van der Waals surface area (Å²) in [6.45, 7) is 4.06. The van der Waals surface area contributed by atoms with E-state index >= 15 is 0 Å². The first-order valence-corrected chi connectivity index (χ1v) is 10.1. The first kappa shape index (κ1) is 18.9. The minimum Gasteiger partial charge on any atom is -0.494 e. The molecule has 0 fully saturated rings. The molecule has 2 aromatic heterocycles. The van der Waals surface area contributed by atoms with Gasteiger partial charge >= 0.3 is 0 Å². The second-order valence-electron chi connectivity index (χ2n) is 7.54. The highest BCUT2D eigenvalue weighted by atomic mass is 16.5. The third-order valence-corrected chi connectivity index (χ3v) is 5.36. The van der Waals surface area contributed by atoms with Crippen LogP contribution in [0, 0.1) is 13.8 Å². The van der Waals surface area contributed by atoms with Crippen molar-refractivity contribution < 1.29 is 4.74 Å². The monoisotopic (exact) mass is 409 g/mol. The molecule has 5 aromatic rings. The predicted molar refractivity (Wildman–Crippen MR) is 124 cm³/mol. The van der Waals surface area contributed by atoms with Gasteiger partial charge in [-0.05, 0) is 43.7 Å². The van der Waals surface area contributed by atoms with E-state index in [1.54, 1.807) is 13.4 Å². The van der Waals surface area contributed by atoms with Crippen molar-refractivity contribution in [1.29, 1.82) is 0 Å². The highest BCUT2D eigenvalue weighted by Gasteiger charge is 2.12. The molecule has 31 heavy (non-hydrogen) atoms. The van der Waals surface area contributed by atoms with Crippen molar-refractivity contribution in [2.75, 3.05) is 12.4 Å². The zero-order chi connectivity index (χ0) is 21.4. The van der Waals surface area contributed by atoms with Crippen LogP contribution in [0.25, 0.3) is 28.1 Å². The summed E-state index contributed by atoms with van der Waals surface area (Å²) in [7, 11) is 1.68. The minimum atomic E-state index is 0.761. The molecule has 0 saturated heterocycles. The van der Waals surface area contributed by atoms with Crippen molar-refractivity contribution >= 4 is 22.4 Å². The van der Waals surface area contributed by atoms with Crippen molar-refractivity contribution in [1.82, 2.24) is 19.5 Å². The molecule has 0 aliphatic rings. The third-order valence-electron chi connectivity index (χ3n) is 5.36. The van der Waals surface area contributed by atoms with Crippen LogP contribution < -0.4 is 10.1 Å². The van der Waals surface area contributed by atoms with Crippen molar-refractivity contribution in [3.8, 4) is 22.8 Å². The topological polar surface area (TPSA) is 67.8 Å². The normalized spacial score (nSPS) is 11.1. The van der Waals surface area contributed by atoms with Gasteiger partial charge in [0, 0.05) is 23.5 Å². The smallest absolute Gasteiger partial charge is 0.144 e. The molecule has 0 atom stereocenters. The van der Waals surface area contributed by atoms with Gasteiger partial charge in [0.05, 0.1) is 36.0 Å². The maximum atomic E-state index is 5.64. The maximum Gasteiger partial charge on any atom is 0.144 e. The highest BCUT2D eigenvalue weighted by Crippen LogP contribution is 2.32. The molecular weight excluding hydrogens is 386 g/mol. The second-order valence-corrected chi connectivity index (χ2v) is 7.54. The van der Waals surface area contributed by atoms with Gasteiger partial charge < -0.3 is 19.6 Å². The molecule has 3 aromatic carbocycles. The number of H-pyrrole nitrogens is 1. The van der Waals surface area contributed by atoms with E-state index in [1.807, 2.05) is 66.2 Å². The Balaban J connectivity index is 1.51. The number of para-hydroxylation sites is 1. The van der Waals surface area contributed by atoms with E-state index in [4.69, 9.17) is 9.72 Å². The number of methoxy groups -OCH3 is 1. The summed E-state index contributed by atoms with van der Waals surface area (Å²) in [5, 5.41) is 3.50. The number of nitrogens with zero attached hydrogens (tertiary/aromatic N) is 3. The first-order chi connectivity index (χ1) is 15.1. The number of aromatic nitrogens is 4. The van der Waals surface area contributed by atoms with Gasteiger partial charge in [-0.1, -0.05) is 30.3 Å². The summed E-state index contributed by atoms with van der Waals surface area (Å²) in [5.41, 5.74) is 7.92. The standard InChI is InChI=1S/C25H23N5O/c1-16-7-4-5-8-19(16)25-28-21-10-6-9-20(24(21)29-25)27-18-11-12-22(23(13-18)31-3)30-14-17(2)26-15-30/h4-15,27H,1-3H3,(H,28,29). The number of aryl methyl sites for hydroxylation is 2. The van der Waals surface area contributed by atoms with E-state index in [2.05, 4.69) is 34.3 Å². The third kappa shape index (κ3) is 3.53. The lowest BCUT2D eigenvalue weighted by Crippen LogP contribution is -1.98. The van der Waals surface area contributed by atoms with Crippen LogP contribution in [0.1, 0.15) is 11.3 Å². The lowest BCUT2D eigenvalue weighted by atomic mass is 10.1. The molecule has 2 heterocycles. The van der Waals surface area contributed by atoms with E-state index in [-0.39, 0.29) is 0 Å². The first-order valence-electron chi connectivity index (χ1n) is 10.1. The molecule has 0 aliphatic carbocycles. The summed E-state index contributed by atoms with van der Waals surface area (Å²) in [6, 6.07) is 20.4. The molecule has 6 nitrogen and oxygen atoms in total. The molecule has 0 radical (unpaired) electrons. The number of aromatic amines is 1. The Bertz CT molecular complexity index is 1380. The van der Waals surface area contributed by atoms with Gasteiger partial charge in [0.2, 0.25) is 0 Å². The average molecular weight is 409 g/mol. The number of anilines is 2. The number of hydrogen-bond donors (Lipinski definition) is 2. The van der Waals surface area contributed by atoms with E-state index in [9.17, 15) is 0 Å². The van der Waals surface area contributed by atoms with E-state index in [1.165, 1.54) is 5.56 Å². The average Bonchev–Trinajstić information content (AvgIpc) is 3.41. The highest BCUT2D eigenvalue weighted by molar-refractivity contribution is 5.92. The number of benzene rings is 3. The lowest BCUT2D eigenvalue weighted by molar-refractivity contribution is 0.413. The molecule has 0 spiro atoms. The van der Waals surface area contributed by atoms with Crippen LogP contribution in [0.4, 0.5) is 11.4 Å². The van der Waals surface area contributed by atoms with Crippen molar-refractivity contribution in [2.24, 2.45) is 0 Å². The number of imidazole rings is 2. The summed E-state index contributed by atoms with van der Waals surface area (Å²) in [6.07, 6.45) is 3.76. The van der Waals surface area contributed by atoms with Gasteiger partial charge in [0.15, 0.2) is 0 Å². The van der Waals surface area contributed by atoms with Gasteiger partial charge in [-0.2, -0.15) is 0 Å². The van der Waals surface area contributed by atoms with Crippen LogP contribution in [0.2, 0.25) is 0 Å². The Hall–Kier alpha value is -4.06. The Kier molecular flexibility index (Phi) is 4.67. The van der Waals surface area contributed by atoms with Gasteiger partial charge in [-0.3, -0.25) is 0 Å². The zero-order valence-electron chi connectivity index (χ0n) is 17.7. The van der Waals surface area contributed by atoms with Crippen LogP contribution in [0.5, 0.6) is 5.75 Å². The zero-order valence-corrected chi connectivity index (χ0v) is 17.7. The quantitative estimate of drug-likeness (QED) is 0.386. The van der Waals surface area contributed by atoms with E-state index in [0.29, 0.717) is 0 Å². The molecule has 6 heteroatoms. The molecule has 0 amide bonds. The Morgan fingerprint density at radius 2 is 1.87 bits per heavy atom. The minimum absolute atomic E-state index is 0.761. The summed E-state index contributed by atoms with van der Waals surface area (Å²) in [5.74, 6) is 1.63. The fraction of sp³-hybridized carbons (Fsp3) is 0.120. The van der Waals surface area contributed by atoms with E-state index in [0.717, 1.165) is 50.9 Å². The molecule has 5 rings (SSSR count). The Morgan fingerprint density at radius 3 is 2.65 bits per heavy atom. The second kappa shape index (κ2) is 7.65. The number of fused-ring (bicyclic) bond motifs is 1. The summed E-state index contributed by atoms with van der Waals surface area (Å²) >= 11 is 0. The van der Waals surface area contributed by atoms with Gasteiger partial charge in [0.25, 0.3) is 0 Å². The van der Waals surface area contributed by atoms with Crippen molar-refractivity contribution in [2.45, 2.75) is 13.8 Å². The van der Waals surface area contributed by atoms with Crippen molar-refractivity contribution in [3.63, 3.8) is 0 Å². The van der Waals surface area contributed by atoms with Crippen LogP contribution in [-0.2, 0) is 0 Å². The maximum absolute atomic E-state index is 5.64. The van der Waals surface area contributed by atoms with Crippen molar-refractivity contribution in [3.05, 3.63) is 84.4 Å².